The number of aliphatic hydroxyl groups is 1. The zero-order valence-corrected chi connectivity index (χ0v) is 25.2. The van der Waals surface area contributed by atoms with Gasteiger partial charge in [-0.3, -0.25) is 0 Å². The van der Waals surface area contributed by atoms with Crippen molar-refractivity contribution in [2.24, 2.45) is 4.40 Å². The molecule has 2 aromatic rings. The summed E-state index contributed by atoms with van der Waals surface area (Å²) in [6.45, 7) is 9.57. The topological polar surface area (TPSA) is 131 Å². The van der Waals surface area contributed by atoms with Gasteiger partial charge in [-0.25, -0.2) is 18.0 Å². The molecular weight excluding hydrogens is 577 g/mol. The number of hydrogen-bond donors (Lipinski definition) is 2. The lowest BCUT2D eigenvalue weighted by Crippen LogP contribution is -2.46. The van der Waals surface area contributed by atoms with Crippen LogP contribution in [0, 0.1) is 0 Å². The Bertz CT molecular complexity index is 1350. The number of hydrogen-bond acceptors (Lipinski definition) is 7. The smallest absolute Gasteiger partial charge is 0.421 e. The van der Waals surface area contributed by atoms with Crippen LogP contribution in [-0.4, -0.2) is 61.0 Å². The van der Waals surface area contributed by atoms with Gasteiger partial charge in [-0.1, -0.05) is 54.6 Å². The third-order valence-electron chi connectivity index (χ3n) is 5.62. The molecule has 2 N–H and O–H groups in total. The summed E-state index contributed by atoms with van der Waals surface area (Å²) in [6, 6.07) is 12.5. The van der Waals surface area contributed by atoms with Gasteiger partial charge in [0.15, 0.2) is 5.60 Å². The maximum atomic E-state index is 14.0. The fourth-order valence-corrected chi connectivity index (χ4v) is 4.62. The molecule has 1 amide bonds. The number of rotatable bonds is 10. The van der Waals surface area contributed by atoms with E-state index in [-0.39, 0.29) is 0 Å². The van der Waals surface area contributed by atoms with E-state index in [1.165, 1.54) is 12.1 Å². The molecule has 232 valence electrons. The summed E-state index contributed by atoms with van der Waals surface area (Å²) in [5, 5.41) is 13.0. The molecule has 0 heterocycles. The van der Waals surface area contributed by atoms with Gasteiger partial charge >= 0.3 is 18.2 Å². The van der Waals surface area contributed by atoms with Crippen molar-refractivity contribution in [3.8, 4) is 11.1 Å². The van der Waals surface area contributed by atoms with Crippen LogP contribution in [0.3, 0.4) is 0 Å². The average Bonchev–Trinajstić information content (AvgIpc) is 2.84. The van der Waals surface area contributed by atoms with Crippen LogP contribution in [0.4, 0.5) is 18.0 Å². The minimum atomic E-state index is -5.19. The van der Waals surface area contributed by atoms with Crippen LogP contribution in [0.25, 0.3) is 11.1 Å². The number of sulfonamides is 1. The number of halogens is 3. The minimum Gasteiger partial charge on any atom is -0.458 e. The number of alkyl carbamates (subject to hydrolysis) is 1. The van der Waals surface area contributed by atoms with Crippen LogP contribution < -0.4 is 5.32 Å². The number of benzene rings is 2. The lowest BCUT2D eigenvalue weighted by atomic mass is 9.89. The molecule has 0 saturated carbocycles. The number of amides is 1. The van der Waals surface area contributed by atoms with E-state index in [4.69, 9.17) is 9.47 Å². The molecule has 0 fully saturated rings. The van der Waals surface area contributed by atoms with Gasteiger partial charge < -0.3 is 19.9 Å². The highest BCUT2D eigenvalue weighted by atomic mass is 32.2. The summed E-state index contributed by atoms with van der Waals surface area (Å²) in [4.78, 5) is 24.8. The highest BCUT2D eigenvalue weighted by molar-refractivity contribution is 7.90. The molecule has 0 aliphatic heterocycles. The minimum absolute atomic E-state index is 0.460. The Morgan fingerprint density at radius 1 is 0.905 bits per heavy atom. The number of nitrogens with one attached hydrogen (secondary N) is 1. The number of alkyl halides is 3. The van der Waals surface area contributed by atoms with Crippen molar-refractivity contribution >= 4 is 28.3 Å². The Morgan fingerprint density at radius 2 is 1.43 bits per heavy atom. The van der Waals surface area contributed by atoms with E-state index in [1.54, 1.807) is 71.9 Å². The van der Waals surface area contributed by atoms with Gasteiger partial charge in [0.25, 0.3) is 10.0 Å². The van der Waals surface area contributed by atoms with Crippen LogP contribution in [0.5, 0.6) is 0 Å². The van der Waals surface area contributed by atoms with Crippen molar-refractivity contribution in [3.63, 3.8) is 0 Å². The van der Waals surface area contributed by atoms with Crippen LogP contribution in [0.15, 0.2) is 59.0 Å². The second-order valence-electron chi connectivity index (χ2n) is 11.6. The highest BCUT2D eigenvalue weighted by Gasteiger charge is 2.55. The Hall–Kier alpha value is -3.45. The molecule has 0 aliphatic rings. The molecule has 2 atom stereocenters. The van der Waals surface area contributed by atoms with Crippen molar-refractivity contribution in [1.29, 1.82) is 0 Å². The first-order valence-corrected chi connectivity index (χ1v) is 14.7. The lowest BCUT2D eigenvalue weighted by molar-refractivity contribution is -0.267. The van der Waals surface area contributed by atoms with Gasteiger partial charge in [-0.2, -0.15) is 17.6 Å². The number of esters is 1. The Kier molecular flexibility index (Phi) is 11.0. The third-order valence-corrected chi connectivity index (χ3v) is 6.81. The molecule has 0 aliphatic carbocycles. The first-order valence-electron chi connectivity index (χ1n) is 13.1. The molecule has 2 aromatic carbocycles. The lowest BCUT2D eigenvalue weighted by Gasteiger charge is -2.31. The molecule has 42 heavy (non-hydrogen) atoms. The molecule has 13 heteroatoms. The summed E-state index contributed by atoms with van der Waals surface area (Å²) in [5.41, 5.74) is -4.46. The Morgan fingerprint density at radius 3 is 1.93 bits per heavy atom. The highest BCUT2D eigenvalue weighted by Crippen LogP contribution is 2.42. The van der Waals surface area contributed by atoms with Gasteiger partial charge in [0.05, 0.1) is 5.75 Å². The molecule has 2 rings (SSSR count). The fourth-order valence-electron chi connectivity index (χ4n) is 3.65. The van der Waals surface area contributed by atoms with Gasteiger partial charge in [-0.15, -0.1) is 0 Å². The molecule has 0 aromatic heterocycles. The molecule has 0 spiro atoms. The molecular formula is C29H37F3N2O7S. The Balaban J connectivity index is 2.19. The predicted molar refractivity (Wildman–Crippen MR) is 152 cm³/mol. The van der Waals surface area contributed by atoms with Crippen LogP contribution in [0.1, 0.15) is 59.9 Å². The fraction of sp³-hybridized carbons (Fsp3) is 0.483. The number of carbonyl (C=O) groups is 2. The van der Waals surface area contributed by atoms with E-state index in [0.717, 1.165) is 23.9 Å². The number of nitrogens with zero attached hydrogens (tertiary/aromatic N) is 1. The molecule has 0 radical (unpaired) electrons. The first-order chi connectivity index (χ1) is 19.1. The van der Waals surface area contributed by atoms with Crippen molar-refractivity contribution in [3.05, 3.63) is 60.2 Å². The number of carbonyl (C=O) groups excluding carboxylic acids is 2. The van der Waals surface area contributed by atoms with E-state index in [2.05, 4.69) is 9.71 Å². The summed E-state index contributed by atoms with van der Waals surface area (Å²) >= 11 is 0. The van der Waals surface area contributed by atoms with Gasteiger partial charge in [-0.05, 0) is 58.2 Å². The zero-order chi connectivity index (χ0) is 32.0. The van der Waals surface area contributed by atoms with Gasteiger partial charge in [0.2, 0.25) is 0 Å². The van der Waals surface area contributed by atoms with E-state index in [1.807, 2.05) is 0 Å². The maximum Gasteiger partial charge on any atom is 0.421 e. The first kappa shape index (κ1) is 34.7. The molecule has 9 nitrogen and oxygen atoms in total. The van der Waals surface area contributed by atoms with E-state index >= 15 is 0 Å². The molecule has 1 unspecified atom stereocenters. The zero-order valence-electron chi connectivity index (χ0n) is 24.4. The predicted octanol–water partition coefficient (Wildman–Crippen LogP) is 5.52. The summed E-state index contributed by atoms with van der Waals surface area (Å²) < 4.78 is 80.9. The quantitative estimate of drug-likeness (QED) is 0.266. The largest absolute Gasteiger partial charge is 0.458 e. The SMILES string of the molecule is CC(C)(C)OC(=O)N[C@@H](CC=NS(=O)(=O)CCC(O)(c1ccc(-c2ccccc2)cc1)C(F)(F)F)C(=O)OC(C)(C)C. The molecule has 0 bridgehead atoms. The van der Waals surface area contributed by atoms with Crippen LogP contribution in [0.2, 0.25) is 0 Å². The summed E-state index contributed by atoms with van der Waals surface area (Å²) in [7, 11) is -4.53. The van der Waals surface area contributed by atoms with E-state index < -0.39 is 75.3 Å². The van der Waals surface area contributed by atoms with E-state index in [0.29, 0.717) is 5.56 Å². The summed E-state index contributed by atoms with van der Waals surface area (Å²) in [6.07, 6.45) is -7.07. The Labute approximate surface area is 244 Å². The summed E-state index contributed by atoms with van der Waals surface area (Å²) in [5.74, 6) is -2.06. The second-order valence-corrected chi connectivity index (χ2v) is 13.4. The number of ether oxygens (including phenoxy) is 2. The average molecular weight is 615 g/mol. The second kappa shape index (κ2) is 13.2. The monoisotopic (exact) mass is 614 g/mol. The van der Waals surface area contributed by atoms with Crippen molar-refractivity contribution in [1.82, 2.24) is 5.32 Å². The normalized spacial score (nSPS) is 15.1. The molecule has 0 saturated heterocycles. The standard InChI is InChI=1S/C29H37F3N2O7S/c1-26(2,3)40-24(35)23(34-25(36)41-27(4,5)6)16-18-33-42(38,39)19-17-28(37,29(30,31)32)22-14-12-21(13-15-22)20-10-8-7-9-11-20/h7-15,18,23,37H,16-17,19H2,1-6H3,(H,34,36)/t23-,28?/m0/s1. The van der Waals surface area contributed by atoms with E-state index in [9.17, 15) is 36.3 Å². The maximum absolute atomic E-state index is 14.0. The van der Waals surface area contributed by atoms with Gasteiger partial charge in [0.1, 0.15) is 17.2 Å². The van der Waals surface area contributed by atoms with Crippen molar-refractivity contribution < 1.29 is 45.8 Å². The third kappa shape index (κ3) is 10.8. The van der Waals surface area contributed by atoms with Crippen molar-refractivity contribution in [2.45, 2.75) is 83.4 Å². The van der Waals surface area contributed by atoms with Crippen molar-refractivity contribution in [2.75, 3.05) is 5.75 Å². The van der Waals surface area contributed by atoms with Crippen LogP contribution in [-0.2, 0) is 29.9 Å². The van der Waals surface area contributed by atoms with Gasteiger partial charge in [0, 0.05) is 19.1 Å². The van der Waals surface area contributed by atoms with Crippen LogP contribution >= 0.6 is 0 Å².